The third kappa shape index (κ3) is 2.14. The maximum Gasteiger partial charge on any atom is 0.341 e. The van der Waals surface area contributed by atoms with Gasteiger partial charge in [-0.2, -0.15) is 0 Å². The van der Waals surface area contributed by atoms with Crippen molar-refractivity contribution in [2.24, 2.45) is 0 Å². The predicted molar refractivity (Wildman–Crippen MR) is 66.7 cm³/mol. The zero-order valence-corrected chi connectivity index (χ0v) is 10.3. The predicted octanol–water partition coefficient (Wildman–Crippen LogP) is 2.37. The summed E-state index contributed by atoms with van der Waals surface area (Å²) in [6.45, 7) is 1.23. The Hall–Kier alpha value is -2.08. The Bertz CT molecular complexity index is 629. The molecule has 0 aliphatic heterocycles. The molecule has 6 heteroatoms. The van der Waals surface area contributed by atoms with Crippen LogP contribution in [0.4, 0.5) is 0 Å². The molecule has 1 aromatic carbocycles. The molecule has 0 saturated carbocycles. The molecular weight excluding hydrogens is 256 g/mol. The minimum absolute atomic E-state index is 0.130. The van der Waals surface area contributed by atoms with E-state index < -0.39 is 18.5 Å². The van der Waals surface area contributed by atoms with E-state index in [4.69, 9.17) is 14.9 Å². The first-order valence-corrected chi connectivity index (χ1v) is 5.97. The van der Waals surface area contributed by atoms with Gasteiger partial charge in [0.05, 0.1) is 5.56 Å². The number of hydrogen-bond acceptors (Lipinski definition) is 4. The van der Waals surface area contributed by atoms with Gasteiger partial charge in [0.1, 0.15) is 5.75 Å². The number of carboxylic acid groups (broad SMARTS) is 2. The van der Waals surface area contributed by atoms with Gasteiger partial charge in [-0.25, -0.2) is 9.59 Å². The van der Waals surface area contributed by atoms with Crippen molar-refractivity contribution < 1.29 is 24.5 Å². The van der Waals surface area contributed by atoms with E-state index in [0.717, 1.165) is 10.1 Å². The fourth-order valence-electron chi connectivity index (χ4n) is 1.71. The van der Waals surface area contributed by atoms with Crippen LogP contribution in [0.5, 0.6) is 5.75 Å². The zero-order chi connectivity index (χ0) is 13.3. The van der Waals surface area contributed by atoms with Crippen molar-refractivity contribution in [3.05, 3.63) is 28.6 Å². The lowest BCUT2D eigenvalue weighted by Gasteiger charge is -2.09. The number of fused-ring (bicyclic) bond motifs is 1. The first-order chi connectivity index (χ1) is 8.50. The van der Waals surface area contributed by atoms with E-state index in [1.54, 1.807) is 13.0 Å². The lowest BCUT2D eigenvalue weighted by molar-refractivity contribution is -0.139. The van der Waals surface area contributed by atoms with Crippen LogP contribution in [-0.2, 0) is 4.79 Å². The van der Waals surface area contributed by atoms with Gasteiger partial charge >= 0.3 is 11.9 Å². The molecule has 0 fully saturated rings. The molecule has 0 spiro atoms. The number of carbonyl (C=O) groups is 2. The van der Waals surface area contributed by atoms with Gasteiger partial charge in [-0.1, -0.05) is 0 Å². The second-order valence-corrected chi connectivity index (χ2v) is 4.61. The standard InChI is InChI=1S/C12H10O5S/c1-6-8(12(15)16)4-9(17-5-10(13)14)7-2-3-18-11(6)7/h2-4H,5H2,1H3,(H,13,14)(H,15,16). The van der Waals surface area contributed by atoms with Crippen molar-refractivity contribution in [3.63, 3.8) is 0 Å². The number of aromatic carboxylic acids is 1. The highest BCUT2D eigenvalue weighted by Gasteiger charge is 2.16. The quantitative estimate of drug-likeness (QED) is 0.887. The monoisotopic (exact) mass is 266 g/mol. The number of hydrogen-bond donors (Lipinski definition) is 2. The molecule has 0 unspecified atom stereocenters. The Morgan fingerprint density at radius 3 is 2.72 bits per heavy atom. The number of ether oxygens (including phenoxy) is 1. The number of rotatable bonds is 4. The second kappa shape index (κ2) is 4.66. The van der Waals surface area contributed by atoms with E-state index in [-0.39, 0.29) is 11.3 Å². The number of aryl methyl sites for hydroxylation is 1. The van der Waals surface area contributed by atoms with Gasteiger partial charge < -0.3 is 14.9 Å². The second-order valence-electron chi connectivity index (χ2n) is 3.70. The lowest BCUT2D eigenvalue weighted by Crippen LogP contribution is -2.10. The van der Waals surface area contributed by atoms with Crippen LogP contribution >= 0.6 is 11.3 Å². The van der Waals surface area contributed by atoms with Gasteiger partial charge in [0.15, 0.2) is 6.61 Å². The SMILES string of the molecule is Cc1c(C(=O)O)cc(OCC(=O)O)c2ccsc12. The van der Waals surface area contributed by atoms with Gasteiger partial charge in [-0.05, 0) is 30.0 Å². The molecule has 5 nitrogen and oxygen atoms in total. The molecule has 2 N–H and O–H groups in total. The Balaban J connectivity index is 2.57. The molecule has 0 amide bonds. The number of benzene rings is 1. The van der Waals surface area contributed by atoms with Crippen LogP contribution in [0.2, 0.25) is 0 Å². The fourth-order valence-corrected chi connectivity index (χ4v) is 2.64. The van der Waals surface area contributed by atoms with Crippen LogP contribution in [0, 0.1) is 6.92 Å². The van der Waals surface area contributed by atoms with E-state index >= 15 is 0 Å². The summed E-state index contributed by atoms with van der Waals surface area (Å²) in [4.78, 5) is 21.6. The van der Waals surface area contributed by atoms with Crippen molar-refractivity contribution in [1.29, 1.82) is 0 Å². The summed E-state index contributed by atoms with van der Waals surface area (Å²) in [5.74, 6) is -1.87. The van der Waals surface area contributed by atoms with Gasteiger partial charge in [0.25, 0.3) is 0 Å². The molecule has 94 valence electrons. The van der Waals surface area contributed by atoms with Crippen LogP contribution in [0.3, 0.4) is 0 Å². The summed E-state index contributed by atoms with van der Waals surface area (Å²) in [6, 6.07) is 3.16. The molecule has 0 radical (unpaired) electrons. The average molecular weight is 266 g/mol. The third-order valence-electron chi connectivity index (χ3n) is 2.53. The van der Waals surface area contributed by atoms with Gasteiger partial charge in [0, 0.05) is 10.1 Å². The van der Waals surface area contributed by atoms with E-state index in [1.165, 1.54) is 17.4 Å². The molecule has 0 atom stereocenters. The van der Waals surface area contributed by atoms with Crippen LogP contribution in [-0.4, -0.2) is 28.8 Å². The Kier molecular flexibility index (Phi) is 3.20. The average Bonchev–Trinajstić information content (AvgIpc) is 2.77. The Labute approximate surface area is 106 Å². The largest absolute Gasteiger partial charge is 0.481 e. The first kappa shape index (κ1) is 12.4. The van der Waals surface area contributed by atoms with Crippen LogP contribution in [0.15, 0.2) is 17.5 Å². The van der Waals surface area contributed by atoms with Crippen molar-refractivity contribution in [1.82, 2.24) is 0 Å². The maximum atomic E-state index is 11.1. The fraction of sp³-hybridized carbons (Fsp3) is 0.167. The van der Waals surface area contributed by atoms with Crippen molar-refractivity contribution >= 4 is 33.4 Å². The Morgan fingerprint density at radius 2 is 2.11 bits per heavy atom. The molecule has 0 saturated heterocycles. The maximum absolute atomic E-state index is 11.1. The summed E-state index contributed by atoms with van der Waals surface area (Å²) in [5, 5.41) is 20.2. The molecule has 2 aromatic rings. The molecule has 2 rings (SSSR count). The highest BCUT2D eigenvalue weighted by Crippen LogP contribution is 2.35. The Morgan fingerprint density at radius 1 is 1.39 bits per heavy atom. The molecule has 0 bridgehead atoms. The normalized spacial score (nSPS) is 10.5. The summed E-state index contributed by atoms with van der Waals surface area (Å²) < 4.78 is 5.93. The first-order valence-electron chi connectivity index (χ1n) is 5.09. The van der Waals surface area contributed by atoms with Crippen molar-refractivity contribution in [3.8, 4) is 5.75 Å². The minimum atomic E-state index is -1.10. The summed E-state index contributed by atoms with van der Waals surface area (Å²) >= 11 is 1.40. The number of carboxylic acids is 2. The van der Waals surface area contributed by atoms with Crippen LogP contribution in [0.1, 0.15) is 15.9 Å². The summed E-state index contributed by atoms with van der Waals surface area (Å²) in [7, 11) is 0. The third-order valence-corrected chi connectivity index (χ3v) is 3.57. The lowest BCUT2D eigenvalue weighted by atomic mass is 10.1. The number of thiophene rings is 1. The van der Waals surface area contributed by atoms with E-state index in [1.807, 2.05) is 5.38 Å². The van der Waals surface area contributed by atoms with Crippen molar-refractivity contribution in [2.75, 3.05) is 6.61 Å². The smallest absolute Gasteiger partial charge is 0.341 e. The molecule has 1 aromatic heterocycles. The van der Waals surface area contributed by atoms with Gasteiger partial charge in [-0.3, -0.25) is 0 Å². The molecule has 0 aliphatic rings. The van der Waals surface area contributed by atoms with E-state index in [0.29, 0.717) is 5.56 Å². The number of aliphatic carboxylic acids is 1. The molecule has 18 heavy (non-hydrogen) atoms. The molecular formula is C12H10O5S. The van der Waals surface area contributed by atoms with Crippen LogP contribution in [0.25, 0.3) is 10.1 Å². The summed E-state index contributed by atoms with van der Waals surface area (Å²) in [6.07, 6.45) is 0. The highest BCUT2D eigenvalue weighted by molar-refractivity contribution is 7.17. The van der Waals surface area contributed by atoms with Crippen molar-refractivity contribution in [2.45, 2.75) is 6.92 Å². The molecule has 0 aliphatic carbocycles. The van der Waals surface area contributed by atoms with E-state index in [9.17, 15) is 9.59 Å². The van der Waals surface area contributed by atoms with Gasteiger partial charge in [-0.15, -0.1) is 11.3 Å². The van der Waals surface area contributed by atoms with E-state index in [2.05, 4.69) is 0 Å². The van der Waals surface area contributed by atoms with Gasteiger partial charge in [0.2, 0.25) is 0 Å². The highest BCUT2D eigenvalue weighted by atomic mass is 32.1. The summed E-state index contributed by atoms with van der Waals surface area (Å²) in [5.41, 5.74) is 0.792. The topological polar surface area (TPSA) is 83.8 Å². The minimum Gasteiger partial charge on any atom is -0.481 e. The zero-order valence-electron chi connectivity index (χ0n) is 9.47. The molecule has 1 heterocycles. The van der Waals surface area contributed by atoms with Crippen LogP contribution < -0.4 is 4.74 Å².